The molecule has 2 rings (SSSR count). The first-order valence-corrected chi connectivity index (χ1v) is 5.27. The number of benzene rings is 1. The van der Waals surface area contributed by atoms with Gasteiger partial charge in [0, 0.05) is 6.07 Å². The maximum absolute atomic E-state index is 11.1. The Bertz CT molecular complexity index is 453. The molecule has 0 unspecified atom stereocenters. The van der Waals surface area contributed by atoms with Crippen LogP contribution in [0.1, 0.15) is 0 Å². The summed E-state index contributed by atoms with van der Waals surface area (Å²) in [4.78, 5) is 11.1. The number of hydrogen-bond donors (Lipinski definition) is 2. The van der Waals surface area contributed by atoms with Crippen LogP contribution in [-0.2, 0) is 0 Å². The molecule has 0 spiro atoms. The molecular weight excluding hydrogens is 246 g/mol. The number of hydrazine groups is 1. The van der Waals surface area contributed by atoms with Gasteiger partial charge >= 0.3 is 6.03 Å². The lowest BCUT2D eigenvalue weighted by atomic mass is 10.2. The number of urea groups is 1. The van der Waals surface area contributed by atoms with E-state index in [1.807, 2.05) is 0 Å². The number of halogens is 1. The van der Waals surface area contributed by atoms with Gasteiger partial charge in [-0.05, 0) is 6.07 Å². The molecule has 92 valence electrons. The molecule has 0 atom stereocenters. The molecule has 17 heavy (non-hydrogen) atoms. The Balaban J connectivity index is 2.39. The minimum Gasteiger partial charge on any atom is -0.495 e. The van der Waals surface area contributed by atoms with Gasteiger partial charge < -0.3 is 14.8 Å². The largest absolute Gasteiger partial charge is 0.495 e. The molecule has 0 aromatic heterocycles. The summed E-state index contributed by atoms with van der Waals surface area (Å²) in [5.41, 5.74) is 3.28. The minimum absolute atomic E-state index is 0.265. The van der Waals surface area contributed by atoms with Gasteiger partial charge in [-0.2, -0.15) is 0 Å². The molecule has 0 radical (unpaired) electrons. The van der Waals surface area contributed by atoms with Crippen LogP contribution >= 0.6 is 11.6 Å². The van der Waals surface area contributed by atoms with Gasteiger partial charge in [-0.15, -0.1) is 0 Å². The molecule has 1 heterocycles. The van der Waals surface area contributed by atoms with Gasteiger partial charge in [0.05, 0.1) is 19.2 Å². The average Bonchev–Trinajstić information content (AvgIpc) is 2.75. The van der Waals surface area contributed by atoms with E-state index in [-0.39, 0.29) is 6.03 Å². The van der Waals surface area contributed by atoms with Crippen molar-refractivity contribution < 1.29 is 14.3 Å². The van der Waals surface area contributed by atoms with Crippen LogP contribution in [0.5, 0.6) is 11.5 Å². The molecule has 0 bridgehead atoms. The number of nitrogens with one attached hydrogen (secondary N) is 2. The second kappa shape index (κ2) is 4.58. The lowest BCUT2D eigenvalue weighted by Crippen LogP contribution is -2.32. The quantitative estimate of drug-likeness (QED) is 0.858. The van der Waals surface area contributed by atoms with E-state index < -0.39 is 0 Å². The van der Waals surface area contributed by atoms with E-state index in [0.717, 1.165) is 0 Å². The molecule has 1 aliphatic heterocycles. The van der Waals surface area contributed by atoms with Crippen molar-refractivity contribution in [3.05, 3.63) is 17.2 Å². The molecule has 0 aliphatic carbocycles. The number of ether oxygens (including phenoxy) is 2. The predicted octanol–water partition coefficient (Wildman–Crippen LogP) is 1.35. The van der Waals surface area contributed by atoms with E-state index in [9.17, 15) is 4.79 Å². The fourth-order valence-electron chi connectivity index (χ4n) is 1.55. The van der Waals surface area contributed by atoms with Gasteiger partial charge in [0.1, 0.15) is 23.9 Å². The summed E-state index contributed by atoms with van der Waals surface area (Å²) in [6.07, 6.45) is 0. The number of carbonyl (C=O) groups is 1. The molecule has 1 aromatic carbocycles. The Labute approximate surface area is 103 Å². The fourth-order valence-corrected chi connectivity index (χ4v) is 1.79. The topological polar surface area (TPSA) is 62.8 Å². The number of anilines is 1. The van der Waals surface area contributed by atoms with Gasteiger partial charge in [-0.1, -0.05) is 11.6 Å². The van der Waals surface area contributed by atoms with Gasteiger partial charge in [-0.25, -0.2) is 10.2 Å². The lowest BCUT2D eigenvalue weighted by Gasteiger charge is -2.20. The van der Waals surface area contributed by atoms with Crippen LogP contribution in [0.4, 0.5) is 10.5 Å². The van der Waals surface area contributed by atoms with E-state index in [4.69, 9.17) is 21.1 Å². The Hall–Kier alpha value is -1.82. The normalized spacial score (nSPS) is 14.3. The molecule has 7 heteroatoms. The first-order chi connectivity index (χ1) is 8.15. The summed E-state index contributed by atoms with van der Waals surface area (Å²) in [6.45, 7) is 0.345. The van der Waals surface area contributed by atoms with Gasteiger partial charge in [-0.3, -0.25) is 5.01 Å². The monoisotopic (exact) mass is 257 g/mol. The first-order valence-electron chi connectivity index (χ1n) is 4.89. The molecule has 1 aliphatic rings. The first kappa shape index (κ1) is 11.7. The maximum atomic E-state index is 11.1. The van der Waals surface area contributed by atoms with Crippen LogP contribution < -0.4 is 25.2 Å². The predicted molar refractivity (Wildman–Crippen MR) is 63.6 cm³/mol. The third-order valence-electron chi connectivity index (χ3n) is 2.38. The molecule has 6 nitrogen and oxygen atoms in total. The van der Waals surface area contributed by atoms with E-state index in [2.05, 4.69) is 10.7 Å². The fraction of sp³-hybridized carbons (Fsp3) is 0.300. The van der Waals surface area contributed by atoms with E-state index in [1.54, 1.807) is 17.1 Å². The molecule has 1 fully saturated rings. The zero-order valence-electron chi connectivity index (χ0n) is 9.41. The van der Waals surface area contributed by atoms with Crippen molar-refractivity contribution in [3.63, 3.8) is 0 Å². The summed E-state index contributed by atoms with van der Waals surface area (Å²) in [7, 11) is 3.07. The minimum atomic E-state index is -0.265. The number of amides is 2. The molecular formula is C10H12ClN3O3. The third kappa shape index (κ3) is 2.16. The molecule has 1 aromatic rings. The van der Waals surface area contributed by atoms with Crippen molar-refractivity contribution in [3.8, 4) is 11.5 Å². The summed E-state index contributed by atoms with van der Waals surface area (Å²) < 4.78 is 10.3. The number of nitrogens with zero attached hydrogens (tertiary/aromatic N) is 1. The second-order valence-electron chi connectivity index (χ2n) is 3.36. The number of hydrogen-bond acceptors (Lipinski definition) is 4. The zero-order chi connectivity index (χ0) is 12.4. The summed E-state index contributed by atoms with van der Waals surface area (Å²) in [5.74, 6) is 1.08. The Morgan fingerprint density at radius 3 is 2.53 bits per heavy atom. The smallest absolute Gasteiger partial charge is 0.335 e. The number of rotatable bonds is 3. The van der Waals surface area contributed by atoms with E-state index in [0.29, 0.717) is 28.9 Å². The van der Waals surface area contributed by atoms with E-state index in [1.165, 1.54) is 14.2 Å². The molecule has 2 N–H and O–H groups in total. The summed E-state index contributed by atoms with van der Waals surface area (Å²) in [6, 6.07) is 3.08. The number of methoxy groups -OCH3 is 2. The van der Waals surface area contributed by atoms with Gasteiger partial charge in [0.2, 0.25) is 0 Å². The zero-order valence-corrected chi connectivity index (χ0v) is 10.2. The van der Waals surface area contributed by atoms with Crippen LogP contribution in [0.2, 0.25) is 5.02 Å². The second-order valence-corrected chi connectivity index (χ2v) is 3.77. The van der Waals surface area contributed by atoms with Crippen molar-refractivity contribution in [2.24, 2.45) is 0 Å². The van der Waals surface area contributed by atoms with E-state index >= 15 is 0 Å². The molecule has 2 amide bonds. The Kier molecular flexibility index (Phi) is 3.14. The lowest BCUT2D eigenvalue weighted by molar-refractivity contribution is 0.248. The average molecular weight is 258 g/mol. The highest BCUT2D eigenvalue weighted by Crippen LogP contribution is 2.37. The maximum Gasteiger partial charge on any atom is 0.335 e. The van der Waals surface area contributed by atoms with Gasteiger partial charge in [0.15, 0.2) is 0 Å². The van der Waals surface area contributed by atoms with Gasteiger partial charge in [0.25, 0.3) is 0 Å². The standard InChI is InChI=1S/C10H12ClN3O3/c1-16-8-4-9(17-2)7(3-6(8)11)14-5-12-10(15)13-14/h3-4H,5H2,1-2H3,(H2,12,13,15). The summed E-state index contributed by atoms with van der Waals surface area (Å²) >= 11 is 6.03. The highest BCUT2D eigenvalue weighted by molar-refractivity contribution is 6.32. The third-order valence-corrected chi connectivity index (χ3v) is 2.67. The van der Waals surface area contributed by atoms with Crippen LogP contribution in [0.15, 0.2) is 12.1 Å². The highest BCUT2D eigenvalue weighted by atomic mass is 35.5. The van der Waals surface area contributed by atoms with Crippen LogP contribution in [0, 0.1) is 0 Å². The van der Waals surface area contributed by atoms with Crippen molar-refractivity contribution >= 4 is 23.3 Å². The van der Waals surface area contributed by atoms with Crippen molar-refractivity contribution in [2.45, 2.75) is 0 Å². The summed E-state index contributed by atoms with van der Waals surface area (Å²) in [5, 5.41) is 4.67. The number of carbonyl (C=O) groups excluding carboxylic acids is 1. The van der Waals surface area contributed by atoms with Crippen molar-refractivity contribution in [1.82, 2.24) is 10.7 Å². The molecule has 0 saturated carbocycles. The van der Waals surface area contributed by atoms with Crippen LogP contribution in [-0.4, -0.2) is 26.9 Å². The van der Waals surface area contributed by atoms with Crippen molar-refractivity contribution in [1.29, 1.82) is 0 Å². The SMILES string of the molecule is COc1cc(OC)c(N2CNC(=O)N2)cc1Cl. The van der Waals surface area contributed by atoms with Crippen molar-refractivity contribution in [2.75, 3.05) is 25.9 Å². The van der Waals surface area contributed by atoms with Crippen LogP contribution in [0.3, 0.4) is 0 Å². The molecule has 1 saturated heterocycles. The Morgan fingerprint density at radius 1 is 1.29 bits per heavy atom. The highest BCUT2D eigenvalue weighted by Gasteiger charge is 2.22. The van der Waals surface area contributed by atoms with Crippen LogP contribution in [0.25, 0.3) is 0 Å². The Morgan fingerprint density at radius 2 is 2.00 bits per heavy atom.